The molecule has 3 aromatic rings. The van der Waals surface area contributed by atoms with Crippen LogP contribution in [-0.2, 0) is 13.1 Å². The standard InChI is InChI=1S/C24H33N7.HI/c1-4-26-24(28-12-10-20(2)30(3)18-21-8-6-5-7-9-21)29-17-22-11-13-27-23(16-22)31-15-14-25-19-31;/h5-9,11,13-16,19-20H,4,10,12,17-18H2,1-3H3,(H2,26,28,29);1H. The van der Waals surface area contributed by atoms with Crippen molar-refractivity contribution in [1.82, 2.24) is 30.1 Å². The topological polar surface area (TPSA) is 70.4 Å². The second kappa shape index (κ2) is 13.8. The number of hydrogen-bond donors (Lipinski definition) is 2. The van der Waals surface area contributed by atoms with E-state index in [0.717, 1.165) is 43.4 Å². The van der Waals surface area contributed by atoms with E-state index in [0.29, 0.717) is 12.6 Å². The quantitative estimate of drug-likeness (QED) is 0.229. The van der Waals surface area contributed by atoms with Gasteiger partial charge in [-0.25, -0.2) is 15.0 Å². The molecule has 0 spiro atoms. The summed E-state index contributed by atoms with van der Waals surface area (Å²) in [5.74, 6) is 1.68. The minimum Gasteiger partial charge on any atom is -0.357 e. The van der Waals surface area contributed by atoms with Crippen molar-refractivity contribution in [3.05, 3.63) is 78.5 Å². The molecule has 1 atom stereocenters. The first-order valence-corrected chi connectivity index (χ1v) is 10.8. The highest BCUT2D eigenvalue weighted by molar-refractivity contribution is 14.0. The van der Waals surface area contributed by atoms with Crippen molar-refractivity contribution in [2.45, 2.75) is 39.4 Å². The van der Waals surface area contributed by atoms with Crippen LogP contribution in [0.25, 0.3) is 5.82 Å². The summed E-state index contributed by atoms with van der Waals surface area (Å²) in [7, 11) is 2.18. The van der Waals surface area contributed by atoms with Gasteiger partial charge in [-0.15, -0.1) is 24.0 Å². The third-order valence-corrected chi connectivity index (χ3v) is 5.22. The molecular weight excluding hydrogens is 513 g/mol. The van der Waals surface area contributed by atoms with E-state index in [1.165, 1.54) is 5.56 Å². The second-order valence-corrected chi connectivity index (χ2v) is 7.65. The van der Waals surface area contributed by atoms with Crippen LogP contribution in [0.4, 0.5) is 0 Å². The summed E-state index contributed by atoms with van der Waals surface area (Å²) in [5, 5.41) is 6.80. The largest absolute Gasteiger partial charge is 0.357 e. The van der Waals surface area contributed by atoms with Gasteiger partial charge >= 0.3 is 0 Å². The summed E-state index contributed by atoms with van der Waals surface area (Å²) in [5.41, 5.74) is 2.44. The summed E-state index contributed by atoms with van der Waals surface area (Å²) >= 11 is 0. The molecule has 8 heteroatoms. The van der Waals surface area contributed by atoms with Crippen LogP contribution in [0.1, 0.15) is 31.4 Å². The van der Waals surface area contributed by atoms with Gasteiger partial charge in [0.05, 0.1) is 6.54 Å². The van der Waals surface area contributed by atoms with Crippen LogP contribution in [0.5, 0.6) is 0 Å². The van der Waals surface area contributed by atoms with Crippen molar-refractivity contribution >= 4 is 29.9 Å². The Kier molecular flexibility index (Phi) is 11.2. The predicted molar refractivity (Wildman–Crippen MR) is 142 cm³/mol. The summed E-state index contributed by atoms with van der Waals surface area (Å²) in [6, 6.07) is 15.1. The zero-order valence-corrected chi connectivity index (χ0v) is 21.4. The minimum absolute atomic E-state index is 0. The van der Waals surface area contributed by atoms with Gasteiger partial charge in [-0.05, 0) is 50.6 Å². The molecular formula is C24H34IN7. The van der Waals surface area contributed by atoms with Gasteiger partial charge in [0.1, 0.15) is 12.1 Å². The molecule has 0 bridgehead atoms. The van der Waals surface area contributed by atoms with E-state index in [9.17, 15) is 0 Å². The number of aromatic nitrogens is 3. The number of nitrogens with zero attached hydrogens (tertiary/aromatic N) is 5. The molecule has 0 radical (unpaired) electrons. The van der Waals surface area contributed by atoms with Crippen LogP contribution in [0.15, 0.2) is 72.4 Å². The number of pyridine rings is 1. The average molecular weight is 547 g/mol. The number of guanidine groups is 1. The fraction of sp³-hybridized carbons (Fsp3) is 0.375. The fourth-order valence-electron chi connectivity index (χ4n) is 3.25. The van der Waals surface area contributed by atoms with Crippen molar-refractivity contribution in [1.29, 1.82) is 0 Å². The zero-order chi connectivity index (χ0) is 21.9. The highest BCUT2D eigenvalue weighted by atomic mass is 127. The lowest BCUT2D eigenvalue weighted by Crippen LogP contribution is -2.40. The maximum atomic E-state index is 4.74. The Balaban J connectivity index is 0.00000363. The van der Waals surface area contributed by atoms with Crippen LogP contribution in [0.2, 0.25) is 0 Å². The van der Waals surface area contributed by atoms with E-state index in [2.05, 4.69) is 76.7 Å². The number of benzene rings is 1. The summed E-state index contributed by atoms with van der Waals surface area (Å²) in [4.78, 5) is 15.6. The van der Waals surface area contributed by atoms with Crippen molar-refractivity contribution in [3.8, 4) is 5.82 Å². The van der Waals surface area contributed by atoms with E-state index in [-0.39, 0.29) is 24.0 Å². The molecule has 0 aliphatic rings. The van der Waals surface area contributed by atoms with Crippen LogP contribution < -0.4 is 10.6 Å². The molecule has 1 unspecified atom stereocenters. The van der Waals surface area contributed by atoms with Gasteiger partial charge in [0, 0.05) is 44.3 Å². The molecule has 0 saturated heterocycles. The number of halogens is 1. The van der Waals surface area contributed by atoms with Crippen LogP contribution in [0, 0.1) is 0 Å². The summed E-state index contributed by atoms with van der Waals surface area (Å²) < 4.78 is 1.89. The van der Waals surface area contributed by atoms with E-state index in [1.807, 2.05) is 29.1 Å². The first-order chi connectivity index (χ1) is 15.2. The van der Waals surface area contributed by atoms with E-state index < -0.39 is 0 Å². The third-order valence-electron chi connectivity index (χ3n) is 5.22. The molecule has 1 aromatic carbocycles. The molecule has 0 aliphatic heterocycles. The number of imidazole rings is 1. The summed E-state index contributed by atoms with van der Waals surface area (Å²) in [6.07, 6.45) is 8.23. The maximum Gasteiger partial charge on any atom is 0.191 e. The van der Waals surface area contributed by atoms with Crippen molar-refractivity contribution in [2.75, 3.05) is 20.1 Å². The Morgan fingerprint density at radius 3 is 2.66 bits per heavy atom. The smallest absolute Gasteiger partial charge is 0.191 e. The molecule has 0 saturated carbocycles. The molecule has 3 rings (SSSR count). The zero-order valence-electron chi connectivity index (χ0n) is 19.1. The molecule has 2 N–H and O–H groups in total. The van der Waals surface area contributed by atoms with Gasteiger partial charge in [-0.1, -0.05) is 30.3 Å². The Hall–Kier alpha value is -2.46. The highest BCUT2D eigenvalue weighted by Gasteiger charge is 2.10. The lowest BCUT2D eigenvalue weighted by molar-refractivity contribution is 0.238. The van der Waals surface area contributed by atoms with Gasteiger partial charge < -0.3 is 10.6 Å². The average Bonchev–Trinajstić information content (AvgIpc) is 3.33. The fourth-order valence-corrected chi connectivity index (χ4v) is 3.25. The van der Waals surface area contributed by atoms with Gasteiger partial charge in [0.25, 0.3) is 0 Å². The van der Waals surface area contributed by atoms with Gasteiger partial charge in [0.2, 0.25) is 0 Å². The van der Waals surface area contributed by atoms with Crippen molar-refractivity contribution in [2.24, 2.45) is 4.99 Å². The van der Waals surface area contributed by atoms with Crippen molar-refractivity contribution < 1.29 is 0 Å². The van der Waals surface area contributed by atoms with E-state index in [1.54, 1.807) is 12.5 Å². The van der Waals surface area contributed by atoms with Crippen LogP contribution in [0.3, 0.4) is 0 Å². The Labute approximate surface area is 208 Å². The van der Waals surface area contributed by atoms with Crippen LogP contribution in [-0.4, -0.2) is 51.6 Å². The number of hydrogen-bond acceptors (Lipinski definition) is 4. The summed E-state index contributed by atoms with van der Waals surface area (Å²) in [6.45, 7) is 7.58. The molecule has 0 fully saturated rings. The molecule has 172 valence electrons. The number of nitrogens with one attached hydrogen (secondary N) is 2. The van der Waals surface area contributed by atoms with Gasteiger partial charge in [-0.3, -0.25) is 9.47 Å². The molecule has 0 aliphatic carbocycles. The van der Waals surface area contributed by atoms with Crippen LogP contribution >= 0.6 is 24.0 Å². The third kappa shape index (κ3) is 8.23. The Morgan fingerprint density at radius 2 is 1.94 bits per heavy atom. The number of aliphatic imine (C=N–C) groups is 1. The lowest BCUT2D eigenvalue weighted by atomic mass is 10.1. The Morgan fingerprint density at radius 1 is 1.12 bits per heavy atom. The highest BCUT2D eigenvalue weighted by Crippen LogP contribution is 2.09. The predicted octanol–water partition coefficient (Wildman–Crippen LogP) is 3.85. The molecule has 32 heavy (non-hydrogen) atoms. The van der Waals surface area contributed by atoms with Gasteiger partial charge in [-0.2, -0.15) is 0 Å². The molecule has 7 nitrogen and oxygen atoms in total. The second-order valence-electron chi connectivity index (χ2n) is 7.65. The van der Waals surface area contributed by atoms with Gasteiger partial charge in [0.15, 0.2) is 5.96 Å². The van der Waals surface area contributed by atoms with Crippen molar-refractivity contribution in [3.63, 3.8) is 0 Å². The van der Waals surface area contributed by atoms with E-state index >= 15 is 0 Å². The molecule has 2 heterocycles. The number of rotatable bonds is 10. The first kappa shape index (κ1) is 25.8. The minimum atomic E-state index is 0. The van der Waals surface area contributed by atoms with E-state index in [4.69, 9.17) is 4.99 Å². The monoisotopic (exact) mass is 547 g/mol. The Bertz CT molecular complexity index is 929. The molecule has 0 amide bonds. The first-order valence-electron chi connectivity index (χ1n) is 10.8. The normalized spacial score (nSPS) is 12.3. The molecule has 2 aromatic heterocycles. The maximum absolute atomic E-state index is 4.74. The SMILES string of the molecule is CCNC(=NCc1ccnc(-n2ccnc2)c1)NCCC(C)N(C)Cc1ccccc1.I. The lowest BCUT2D eigenvalue weighted by Gasteiger charge is -2.25.